The molecular weight excluding hydrogens is 316 g/mol. The number of carboxylic acid groups (broad SMARTS) is 1. The first kappa shape index (κ1) is 16.8. The summed E-state index contributed by atoms with van der Waals surface area (Å²) in [5, 5.41) is 8.99. The van der Waals surface area contributed by atoms with Crippen molar-refractivity contribution in [1.29, 1.82) is 0 Å². The predicted octanol–water partition coefficient (Wildman–Crippen LogP) is 4.19. The van der Waals surface area contributed by atoms with Crippen LogP contribution in [0.15, 0.2) is 48.7 Å². The molecule has 0 amide bonds. The van der Waals surface area contributed by atoms with Crippen molar-refractivity contribution >= 4 is 17.7 Å². The number of imidazole rings is 1. The van der Waals surface area contributed by atoms with Gasteiger partial charge in [-0.1, -0.05) is 6.07 Å². The third-order valence-electron chi connectivity index (χ3n) is 3.69. The van der Waals surface area contributed by atoms with Crippen molar-refractivity contribution in [2.45, 2.75) is 26.9 Å². The number of aliphatic carboxylic acids is 1. The Morgan fingerprint density at radius 3 is 2.56 bits per heavy atom. The molecule has 0 aliphatic heterocycles. The fourth-order valence-electron chi connectivity index (χ4n) is 2.65. The monoisotopic (exact) mass is 336 g/mol. The van der Waals surface area contributed by atoms with Crippen molar-refractivity contribution < 1.29 is 14.6 Å². The summed E-state index contributed by atoms with van der Waals surface area (Å²) in [6, 6.07) is 11.6. The lowest BCUT2D eigenvalue weighted by Crippen LogP contribution is -2.05. The van der Waals surface area contributed by atoms with Gasteiger partial charge in [0.25, 0.3) is 0 Å². The molecule has 0 saturated heterocycles. The molecule has 128 valence electrons. The SMILES string of the molecule is Cc1ccc2nc(-c3ccc(OC(C)C)cc3)c(/C=C/C(=O)O)n2c1. The second-order valence-electron chi connectivity index (χ2n) is 6.14. The molecule has 0 bridgehead atoms. The van der Waals surface area contributed by atoms with Crippen LogP contribution in [0.2, 0.25) is 0 Å². The number of hydrogen-bond acceptors (Lipinski definition) is 3. The molecule has 0 unspecified atom stereocenters. The normalized spacial score (nSPS) is 11.5. The van der Waals surface area contributed by atoms with Crippen molar-refractivity contribution in [2.75, 3.05) is 0 Å². The van der Waals surface area contributed by atoms with Gasteiger partial charge in [0.1, 0.15) is 11.4 Å². The Morgan fingerprint density at radius 1 is 1.20 bits per heavy atom. The Hall–Kier alpha value is -3.08. The minimum Gasteiger partial charge on any atom is -0.491 e. The molecule has 0 atom stereocenters. The maximum atomic E-state index is 11.0. The molecule has 0 spiro atoms. The van der Waals surface area contributed by atoms with E-state index >= 15 is 0 Å². The third kappa shape index (κ3) is 3.71. The maximum absolute atomic E-state index is 11.0. The Balaban J connectivity index is 2.11. The van der Waals surface area contributed by atoms with Crippen LogP contribution in [-0.4, -0.2) is 26.6 Å². The van der Waals surface area contributed by atoms with Gasteiger partial charge in [-0.3, -0.25) is 4.40 Å². The molecule has 1 aromatic carbocycles. The van der Waals surface area contributed by atoms with E-state index in [2.05, 4.69) is 4.98 Å². The highest BCUT2D eigenvalue weighted by Crippen LogP contribution is 2.28. The molecule has 3 rings (SSSR count). The van der Waals surface area contributed by atoms with E-state index in [9.17, 15) is 4.79 Å². The number of benzene rings is 1. The molecule has 0 aliphatic carbocycles. The van der Waals surface area contributed by atoms with Gasteiger partial charge in [0.15, 0.2) is 0 Å². The summed E-state index contributed by atoms with van der Waals surface area (Å²) >= 11 is 0. The van der Waals surface area contributed by atoms with Crippen molar-refractivity contribution in [3.8, 4) is 17.0 Å². The van der Waals surface area contributed by atoms with E-state index in [0.29, 0.717) is 0 Å². The van der Waals surface area contributed by atoms with Crippen LogP contribution in [-0.2, 0) is 4.79 Å². The van der Waals surface area contributed by atoms with Crippen LogP contribution >= 0.6 is 0 Å². The fourth-order valence-corrected chi connectivity index (χ4v) is 2.65. The lowest BCUT2D eigenvalue weighted by Gasteiger charge is -2.09. The lowest BCUT2D eigenvalue weighted by molar-refractivity contribution is -0.131. The number of carbonyl (C=O) groups is 1. The van der Waals surface area contributed by atoms with E-state index in [1.165, 1.54) is 0 Å². The van der Waals surface area contributed by atoms with Gasteiger partial charge in [-0.05, 0) is 62.7 Å². The second-order valence-corrected chi connectivity index (χ2v) is 6.14. The van der Waals surface area contributed by atoms with E-state index in [1.54, 1.807) is 6.08 Å². The quantitative estimate of drug-likeness (QED) is 0.709. The van der Waals surface area contributed by atoms with Gasteiger partial charge < -0.3 is 9.84 Å². The van der Waals surface area contributed by atoms with Gasteiger partial charge in [0.05, 0.1) is 17.5 Å². The summed E-state index contributed by atoms with van der Waals surface area (Å²) in [5.41, 5.74) is 4.22. The summed E-state index contributed by atoms with van der Waals surface area (Å²) in [7, 11) is 0. The topological polar surface area (TPSA) is 63.8 Å². The Morgan fingerprint density at radius 2 is 1.92 bits per heavy atom. The van der Waals surface area contributed by atoms with Crippen LogP contribution in [0.4, 0.5) is 0 Å². The first-order valence-electron chi connectivity index (χ1n) is 8.11. The van der Waals surface area contributed by atoms with Crippen molar-refractivity contribution in [1.82, 2.24) is 9.38 Å². The van der Waals surface area contributed by atoms with E-state index < -0.39 is 5.97 Å². The molecule has 5 nitrogen and oxygen atoms in total. The Labute approximate surface area is 146 Å². The number of aryl methyl sites for hydroxylation is 1. The second kappa shape index (κ2) is 6.81. The van der Waals surface area contributed by atoms with Crippen LogP contribution in [0, 0.1) is 6.92 Å². The van der Waals surface area contributed by atoms with Gasteiger partial charge >= 0.3 is 5.97 Å². The number of nitrogens with zero attached hydrogens (tertiary/aromatic N) is 2. The average molecular weight is 336 g/mol. The molecule has 0 fully saturated rings. The van der Waals surface area contributed by atoms with E-state index in [-0.39, 0.29) is 6.10 Å². The highest BCUT2D eigenvalue weighted by molar-refractivity contribution is 5.87. The van der Waals surface area contributed by atoms with Crippen molar-refractivity contribution in [3.63, 3.8) is 0 Å². The first-order valence-corrected chi connectivity index (χ1v) is 8.11. The molecule has 2 heterocycles. The molecule has 0 saturated carbocycles. The standard InChI is InChI=1S/C20H20N2O3/c1-13(2)25-16-7-5-15(6-8-16)20-17(9-11-19(23)24)22-12-14(3)4-10-18(22)21-20/h4-13H,1-3H3,(H,23,24)/b11-9+. The summed E-state index contributed by atoms with van der Waals surface area (Å²) in [4.78, 5) is 15.6. The number of pyridine rings is 1. The average Bonchev–Trinajstić information content (AvgIpc) is 2.90. The van der Waals surface area contributed by atoms with Crippen molar-refractivity contribution in [3.05, 3.63) is 59.9 Å². The lowest BCUT2D eigenvalue weighted by atomic mass is 10.1. The van der Waals surface area contributed by atoms with Crippen LogP contribution < -0.4 is 4.74 Å². The van der Waals surface area contributed by atoms with Crippen LogP contribution in [0.5, 0.6) is 5.75 Å². The van der Waals surface area contributed by atoms with Crippen LogP contribution in [0.3, 0.4) is 0 Å². The molecule has 2 aromatic heterocycles. The zero-order chi connectivity index (χ0) is 18.0. The molecule has 1 N–H and O–H groups in total. The first-order chi connectivity index (χ1) is 11.9. The Kier molecular flexibility index (Phi) is 4.57. The number of carboxylic acids is 1. The van der Waals surface area contributed by atoms with E-state index in [0.717, 1.165) is 40.0 Å². The van der Waals surface area contributed by atoms with Crippen LogP contribution in [0.1, 0.15) is 25.1 Å². The molecule has 0 aliphatic rings. The Bertz CT molecular complexity index is 937. The fraction of sp³-hybridized carbons (Fsp3) is 0.200. The summed E-state index contributed by atoms with van der Waals surface area (Å²) in [6.07, 6.45) is 4.77. The van der Waals surface area contributed by atoms with Gasteiger partial charge in [0, 0.05) is 17.8 Å². The van der Waals surface area contributed by atoms with Gasteiger partial charge in [-0.15, -0.1) is 0 Å². The van der Waals surface area contributed by atoms with Gasteiger partial charge in [-0.25, -0.2) is 9.78 Å². The minimum atomic E-state index is -0.991. The summed E-state index contributed by atoms with van der Waals surface area (Å²) in [6.45, 7) is 5.95. The number of rotatable bonds is 5. The molecule has 0 radical (unpaired) electrons. The van der Waals surface area contributed by atoms with E-state index in [1.807, 2.05) is 67.8 Å². The largest absolute Gasteiger partial charge is 0.491 e. The number of aromatic nitrogens is 2. The molecule has 25 heavy (non-hydrogen) atoms. The predicted molar refractivity (Wildman–Crippen MR) is 97.8 cm³/mol. The molecule has 3 aromatic rings. The number of fused-ring (bicyclic) bond motifs is 1. The highest BCUT2D eigenvalue weighted by atomic mass is 16.5. The smallest absolute Gasteiger partial charge is 0.328 e. The molecule has 5 heteroatoms. The van der Waals surface area contributed by atoms with Crippen LogP contribution in [0.25, 0.3) is 23.0 Å². The highest BCUT2D eigenvalue weighted by Gasteiger charge is 2.13. The third-order valence-corrected chi connectivity index (χ3v) is 3.69. The van der Waals surface area contributed by atoms with Crippen molar-refractivity contribution in [2.24, 2.45) is 0 Å². The minimum absolute atomic E-state index is 0.109. The number of ether oxygens (including phenoxy) is 1. The summed E-state index contributed by atoms with van der Waals surface area (Å²) in [5.74, 6) is -0.199. The summed E-state index contributed by atoms with van der Waals surface area (Å²) < 4.78 is 7.58. The maximum Gasteiger partial charge on any atom is 0.328 e. The van der Waals surface area contributed by atoms with E-state index in [4.69, 9.17) is 9.84 Å². The zero-order valence-electron chi connectivity index (χ0n) is 14.4. The van der Waals surface area contributed by atoms with Gasteiger partial charge in [-0.2, -0.15) is 0 Å². The number of hydrogen-bond donors (Lipinski definition) is 1. The molecular formula is C20H20N2O3. The zero-order valence-corrected chi connectivity index (χ0v) is 14.4. The van der Waals surface area contributed by atoms with Gasteiger partial charge in [0.2, 0.25) is 0 Å².